The maximum atomic E-state index is 12.1. The van der Waals surface area contributed by atoms with E-state index in [2.05, 4.69) is 5.32 Å². The summed E-state index contributed by atoms with van der Waals surface area (Å²) in [4.78, 5) is 12.1. The smallest absolute Gasteiger partial charge is 0.291 e. The summed E-state index contributed by atoms with van der Waals surface area (Å²) in [5.74, 6) is -0.242. The number of para-hydroxylation sites is 2. The molecular weight excluding hydrogens is 304 g/mol. The topological polar surface area (TPSA) is 79.6 Å². The molecule has 116 valence electrons. The van der Waals surface area contributed by atoms with Gasteiger partial charge in [0.15, 0.2) is 5.76 Å². The Labute approximate surface area is 128 Å². The quantitative estimate of drug-likeness (QED) is 0.918. The molecule has 1 aromatic carbocycles. The maximum absolute atomic E-state index is 12.1. The first-order chi connectivity index (χ1) is 10.5. The van der Waals surface area contributed by atoms with Crippen LogP contribution in [0.15, 0.2) is 47.1 Å². The number of rotatable bonds is 5. The largest absolute Gasteiger partial charge is 0.459 e. The van der Waals surface area contributed by atoms with E-state index in [0.29, 0.717) is 11.4 Å². The van der Waals surface area contributed by atoms with Gasteiger partial charge in [0, 0.05) is 6.04 Å². The van der Waals surface area contributed by atoms with E-state index in [9.17, 15) is 13.2 Å². The van der Waals surface area contributed by atoms with Crippen LogP contribution in [0.4, 0.5) is 11.4 Å². The summed E-state index contributed by atoms with van der Waals surface area (Å²) >= 11 is 0. The lowest BCUT2D eigenvalue weighted by atomic mass is 10.2. The summed E-state index contributed by atoms with van der Waals surface area (Å²) in [5, 5.41) is 2.71. The number of benzene rings is 1. The van der Waals surface area contributed by atoms with Gasteiger partial charge in [-0.05, 0) is 37.1 Å². The van der Waals surface area contributed by atoms with E-state index >= 15 is 0 Å². The van der Waals surface area contributed by atoms with Crippen LogP contribution in [0.25, 0.3) is 0 Å². The molecule has 0 bridgehead atoms. The number of carbonyl (C=O) groups is 1. The monoisotopic (exact) mass is 320 g/mol. The molecule has 0 spiro atoms. The second-order valence-electron chi connectivity index (χ2n) is 5.24. The van der Waals surface area contributed by atoms with Gasteiger partial charge in [-0.3, -0.25) is 9.10 Å². The Morgan fingerprint density at radius 2 is 1.95 bits per heavy atom. The number of carbonyl (C=O) groups excluding carboxylic acids is 1. The summed E-state index contributed by atoms with van der Waals surface area (Å²) in [6, 6.07) is 10.00. The van der Waals surface area contributed by atoms with Gasteiger partial charge in [-0.25, -0.2) is 8.42 Å². The van der Waals surface area contributed by atoms with E-state index in [4.69, 9.17) is 4.42 Å². The first-order valence-electron chi connectivity index (χ1n) is 6.90. The van der Waals surface area contributed by atoms with Crippen molar-refractivity contribution in [3.05, 3.63) is 48.4 Å². The molecule has 1 amide bonds. The van der Waals surface area contributed by atoms with Crippen molar-refractivity contribution >= 4 is 27.3 Å². The number of hydrogen-bond acceptors (Lipinski definition) is 4. The van der Waals surface area contributed by atoms with Crippen LogP contribution in [-0.2, 0) is 10.0 Å². The highest BCUT2D eigenvalue weighted by Crippen LogP contribution is 2.37. The highest BCUT2D eigenvalue weighted by atomic mass is 32.2. The van der Waals surface area contributed by atoms with Gasteiger partial charge in [0.1, 0.15) is 0 Å². The van der Waals surface area contributed by atoms with Crippen LogP contribution in [-0.4, -0.2) is 26.6 Å². The zero-order valence-corrected chi connectivity index (χ0v) is 12.8. The normalized spacial score (nSPS) is 14.6. The fraction of sp³-hybridized carbons (Fsp3) is 0.267. The van der Waals surface area contributed by atoms with E-state index < -0.39 is 15.9 Å². The van der Waals surface area contributed by atoms with Crippen molar-refractivity contribution in [3.63, 3.8) is 0 Å². The summed E-state index contributed by atoms with van der Waals surface area (Å²) in [7, 11) is -3.41. The van der Waals surface area contributed by atoms with Gasteiger partial charge in [-0.1, -0.05) is 12.1 Å². The molecule has 6 nitrogen and oxygen atoms in total. The van der Waals surface area contributed by atoms with Crippen molar-refractivity contribution in [1.82, 2.24) is 0 Å². The van der Waals surface area contributed by atoms with Crippen LogP contribution in [0.2, 0.25) is 0 Å². The van der Waals surface area contributed by atoms with Crippen molar-refractivity contribution in [1.29, 1.82) is 0 Å². The minimum Gasteiger partial charge on any atom is -0.459 e. The fourth-order valence-corrected chi connectivity index (χ4v) is 3.59. The molecule has 1 N–H and O–H groups in total. The molecular formula is C15H16N2O4S. The first kappa shape index (κ1) is 14.6. The molecule has 7 heteroatoms. The first-order valence-corrected chi connectivity index (χ1v) is 8.75. The Morgan fingerprint density at radius 3 is 2.55 bits per heavy atom. The highest BCUT2D eigenvalue weighted by molar-refractivity contribution is 7.92. The lowest BCUT2D eigenvalue weighted by Gasteiger charge is -2.24. The molecule has 1 aromatic heterocycles. The van der Waals surface area contributed by atoms with E-state index in [1.54, 1.807) is 36.4 Å². The molecule has 0 radical (unpaired) electrons. The van der Waals surface area contributed by atoms with Crippen LogP contribution >= 0.6 is 0 Å². The molecule has 0 aliphatic heterocycles. The van der Waals surface area contributed by atoms with Crippen molar-refractivity contribution in [2.75, 3.05) is 15.9 Å². The third kappa shape index (κ3) is 2.99. The maximum Gasteiger partial charge on any atom is 0.291 e. The van der Waals surface area contributed by atoms with Crippen LogP contribution in [0, 0.1) is 0 Å². The zero-order chi connectivity index (χ0) is 15.7. The molecule has 0 atom stereocenters. The lowest BCUT2D eigenvalue weighted by molar-refractivity contribution is 0.0996. The van der Waals surface area contributed by atoms with Crippen molar-refractivity contribution in [2.24, 2.45) is 0 Å². The van der Waals surface area contributed by atoms with E-state index in [1.807, 2.05) is 0 Å². The van der Waals surface area contributed by atoms with Crippen molar-refractivity contribution in [2.45, 2.75) is 18.9 Å². The Morgan fingerprint density at radius 1 is 1.23 bits per heavy atom. The number of furan rings is 1. The number of hydrogen-bond donors (Lipinski definition) is 1. The summed E-state index contributed by atoms with van der Waals surface area (Å²) in [5.41, 5.74) is 0.925. The van der Waals surface area contributed by atoms with Gasteiger partial charge >= 0.3 is 0 Å². The van der Waals surface area contributed by atoms with Gasteiger partial charge in [0.2, 0.25) is 10.0 Å². The number of nitrogens with zero attached hydrogens (tertiary/aromatic N) is 1. The second-order valence-corrected chi connectivity index (χ2v) is 7.10. The predicted octanol–water partition coefficient (Wildman–Crippen LogP) is 2.46. The van der Waals surface area contributed by atoms with Crippen LogP contribution in [0.1, 0.15) is 23.4 Å². The van der Waals surface area contributed by atoms with Gasteiger partial charge in [-0.15, -0.1) is 0 Å². The van der Waals surface area contributed by atoms with E-state index in [-0.39, 0.29) is 11.8 Å². The van der Waals surface area contributed by atoms with Crippen molar-refractivity contribution < 1.29 is 17.6 Å². The van der Waals surface area contributed by atoms with Gasteiger partial charge in [0.25, 0.3) is 5.91 Å². The van der Waals surface area contributed by atoms with Gasteiger partial charge in [0.05, 0.1) is 23.9 Å². The molecule has 0 unspecified atom stereocenters. The zero-order valence-electron chi connectivity index (χ0n) is 12.0. The van der Waals surface area contributed by atoms with E-state index in [1.165, 1.54) is 16.8 Å². The van der Waals surface area contributed by atoms with E-state index in [0.717, 1.165) is 12.8 Å². The molecule has 1 heterocycles. The minimum absolute atomic E-state index is 0.0309. The number of anilines is 2. The Kier molecular flexibility index (Phi) is 3.66. The number of amides is 1. The average molecular weight is 320 g/mol. The summed E-state index contributed by atoms with van der Waals surface area (Å²) < 4.78 is 30.6. The van der Waals surface area contributed by atoms with Gasteiger partial charge < -0.3 is 9.73 Å². The SMILES string of the molecule is CS(=O)(=O)N(c1ccccc1NC(=O)c1ccco1)C1CC1. The van der Waals surface area contributed by atoms with Crippen LogP contribution in [0.5, 0.6) is 0 Å². The molecule has 3 rings (SSSR count). The minimum atomic E-state index is -3.41. The molecule has 22 heavy (non-hydrogen) atoms. The van der Waals surface area contributed by atoms with Crippen molar-refractivity contribution in [3.8, 4) is 0 Å². The third-order valence-corrected chi connectivity index (χ3v) is 4.58. The molecule has 1 saturated carbocycles. The standard InChI is InChI=1S/C15H16N2O4S/c1-22(19,20)17(11-8-9-11)13-6-3-2-5-12(13)16-15(18)14-7-4-10-21-14/h2-7,10-11H,8-9H2,1H3,(H,16,18). The molecule has 2 aromatic rings. The Hall–Kier alpha value is -2.28. The molecule has 1 fully saturated rings. The lowest BCUT2D eigenvalue weighted by Crippen LogP contribution is -2.32. The fourth-order valence-electron chi connectivity index (χ4n) is 2.32. The summed E-state index contributed by atoms with van der Waals surface area (Å²) in [6.45, 7) is 0. The second kappa shape index (κ2) is 5.49. The summed E-state index contributed by atoms with van der Waals surface area (Å²) in [6.07, 6.45) is 4.24. The van der Waals surface area contributed by atoms with Crippen LogP contribution in [0.3, 0.4) is 0 Å². The number of sulfonamides is 1. The van der Waals surface area contributed by atoms with Gasteiger partial charge in [-0.2, -0.15) is 0 Å². The Balaban J connectivity index is 1.94. The molecule has 0 saturated heterocycles. The predicted molar refractivity (Wildman–Crippen MR) is 83.4 cm³/mol. The Bertz CT molecular complexity index is 780. The number of nitrogens with one attached hydrogen (secondary N) is 1. The molecule has 1 aliphatic carbocycles. The molecule has 1 aliphatic rings. The highest BCUT2D eigenvalue weighted by Gasteiger charge is 2.36. The third-order valence-electron chi connectivity index (χ3n) is 3.37. The van der Waals surface area contributed by atoms with Crippen LogP contribution < -0.4 is 9.62 Å². The average Bonchev–Trinajstić information content (AvgIpc) is 3.11.